The van der Waals surface area contributed by atoms with Gasteiger partial charge in [0.05, 0.1) is 5.69 Å². The van der Waals surface area contributed by atoms with Gasteiger partial charge in [-0.3, -0.25) is 4.90 Å². The van der Waals surface area contributed by atoms with Crippen LogP contribution in [0.4, 0.5) is 4.79 Å². The Kier molecular flexibility index (Phi) is 5.57. The van der Waals surface area contributed by atoms with Gasteiger partial charge in [-0.05, 0) is 38.8 Å². The molecule has 1 amide bonds. The summed E-state index contributed by atoms with van der Waals surface area (Å²) < 4.78 is 5.50. The van der Waals surface area contributed by atoms with Gasteiger partial charge in [0.2, 0.25) is 0 Å². The van der Waals surface area contributed by atoms with Crippen LogP contribution in [0.3, 0.4) is 0 Å². The molecule has 0 spiro atoms. The zero-order chi connectivity index (χ0) is 17.0. The molecule has 1 aliphatic heterocycles. The molecule has 1 fully saturated rings. The van der Waals surface area contributed by atoms with Crippen molar-refractivity contribution in [3.05, 3.63) is 24.0 Å². The molecule has 128 valence electrons. The van der Waals surface area contributed by atoms with Crippen molar-refractivity contribution in [1.29, 1.82) is 0 Å². The van der Waals surface area contributed by atoms with Crippen molar-refractivity contribution in [1.82, 2.24) is 20.0 Å². The minimum absolute atomic E-state index is 0.220. The monoisotopic (exact) mass is 320 g/mol. The standard InChI is InChI=1S/C17H28N4O2/c1-13(2)15-12-21(16(22)23-17(3,4)5)10-9-20(15)11-14-7-6-8-18-19-14/h6-8,13,15H,9-12H2,1-5H3. The minimum atomic E-state index is -0.457. The molecule has 0 saturated carbocycles. The quantitative estimate of drug-likeness (QED) is 0.856. The van der Waals surface area contributed by atoms with Crippen LogP contribution < -0.4 is 0 Å². The first-order chi connectivity index (χ1) is 10.8. The first-order valence-corrected chi connectivity index (χ1v) is 8.25. The van der Waals surface area contributed by atoms with Crippen LogP contribution in [-0.2, 0) is 11.3 Å². The zero-order valence-corrected chi connectivity index (χ0v) is 14.8. The van der Waals surface area contributed by atoms with Crippen LogP contribution >= 0.6 is 0 Å². The smallest absolute Gasteiger partial charge is 0.410 e. The molecule has 1 saturated heterocycles. The van der Waals surface area contributed by atoms with Crippen LogP contribution in [-0.4, -0.2) is 57.4 Å². The van der Waals surface area contributed by atoms with E-state index in [-0.39, 0.29) is 6.09 Å². The van der Waals surface area contributed by atoms with Gasteiger partial charge in [-0.25, -0.2) is 4.79 Å². The molecule has 1 unspecified atom stereocenters. The molecule has 1 aliphatic rings. The first-order valence-electron chi connectivity index (χ1n) is 8.25. The molecule has 0 aliphatic carbocycles. The minimum Gasteiger partial charge on any atom is -0.444 e. The molecule has 1 aromatic rings. The Bertz CT molecular complexity index is 513. The van der Waals surface area contributed by atoms with Gasteiger partial charge in [0.1, 0.15) is 5.60 Å². The Hall–Kier alpha value is -1.69. The van der Waals surface area contributed by atoms with Crippen molar-refractivity contribution < 1.29 is 9.53 Å². The molecule has 6 nitrogen and oxygen atoms in total. The fourth-order valence-electron chi connectivity index (χ4n) is 2.79. The lowest BCUT2D eigenvalue weighted by atomic mass is 9.99. The summed E-state index contributed by atoms with van der Waals surface area (Å²) >= 11 is 0. The van der Waals surface area contributed by atoms with E-state index >= 15 is 0 Å². The average molecular weight is 320 g/mol. The van der Waals surface area contributed by atoms with Crippen molar-refractivity contribution in [3.8, 4) is 0 Å². The largest absolute Gasteiger partial charge is 0.444 e. The number of ether oxygens (including phenoxy) is 1. The second kappa shape index (κ2) is 7.25. The van der Waals surface area contributed by atoms with Gasteiger partial charge in [-0.1, -0.05) is 13.8 Å². The normalized spacial score (nSPS) is 19.9. The van der Waals surface area contributed by atoms with Gasteiger partial charge in [0, 0.05) is 38.4 Å². The summed E-state index contributed by atoms with van der Waals surface area (Å²) in [5.74, 6) is 0.442. The van der Waals surface area contributed by atoms with Crippen molar-refractivity contribution in [2.24, 2.45) is 5.92 Å². The van der Waals surface area contributed by atoms with E-state index in [2.05, 4.69) is 28.9 Å². The summed E-state index contributed by atoms with van der Waals surface area (Å²) in [5, 5.41) is 8.11. The number of nitrogens with zero attached hydrogens (tertiary/aromatic N) is 4. The fraction of sp³-hybridized carbons (Fsp3) is 0.706. The van der Waals surface area contributed by atoms with Gasteiger partial charge in [0.15, 0.2) is 0 Å². The van der Waals surface area contributed by atoms with Crippen LogP contribution in [0.1, 0.15) is 40.3 Å². The highest BCUT2D eigenvalue weighted by Crippen LogP contribution is 2.21. The molecule has 23 heavy (non-hydrogen) atoms. The van der Waals surface area contributed by atoms with Crippen LogP contribution in [0, 0.1) is 5.92 Å². The summed E-state index contributed by atoms with van der Waals surface area (Å²) in [7, 11) is 0. The van der Waals surface area contributed by atoms with Gasteiger partial charge in [-0.2, -0.15) is 10.2 Å². The third-order valence-electron chi connectivity index (χ3n) is 3.95. The number of carbonyl (C=O) groups excluding carboxylic acids is 1. The molecule has 0 bridgehead atoms. The second-order valence-corrected chi connectivity index (χ2v) is 7.42. The number of piperazine rings is 1. The van der Waals surface area contributed by atoms with Crippen molar-refractivity contribution in [2.75, 3.05) is 19.6 Å². The maximum atomic E-state index is 12.3. The summed E-state index contributed by atoms with van der Waals surface area (Å²) in [5.41, 5.74) is 0.505. The number of hydrogen-bond donors (Lipinski definition) is 0. The predicted molar refractivity (Wildman–Crippen MR) is 88.9 cm³/mol. The molecule has 2 heterocycles. The lowest BCUT2D eigenvalue weighted by Gasteiger charge is -2.43. The molecule has 2 rings (SSSR count). The summed E-state index contributed by atoms with van der Waals surface area (Å²) in [6.07, 6.45) is 1.46. The van der Waals surface area contributed by atoms with Gasteiger partial charge in [0.25, 0.3) is 0 Å². The van der Waals surface area contributed by atoms with Crippen LogP contribution in [0.2, 0.25) is 0 Å². The SMILES string of the molecule is CC(C)C1CN(C(=O)OC(C)(C)C)CCN1Cc1cccnn1. The second-order valence-electron chi connectivity index (χ2n) is 7.42. The van der Waals surface area contributed by atoms with Gasteiger partial charge in [-0.15, -0.1) is 0 Å². The van der Waals surface area contributed by atoms with Crippen molar-refractivity contribution in [2.45, 2.75) is 52.8 Å². The third kappa shape index (κ3) is 5.16. The Morgan fingerprint density at radius 2 is 2.13 bits per heavy atom. The molecule has 0 aromatic carbocycles. The maximum absolute atomic E-state index is 12.3. The van der Waals surface area contributed by atoms with E-state index < -0.39 is 5.60 Å². The lowest BCUT2D eigenvalue weighted by Crippen LogP contribution is -2.56. The highest BCUT2D eigenvalue weighted by molar-refractivity contribution is 5.68. The third-order valence-corrected chi connectivity index (χ3v) is 3.95. The predicted octanol–water partition coefficient (Wildman–Crippen LogP) is 2.55. The molecule has 0 N–H and O–H groups in total. The maximum Gasteiger partial charge on any atom is 0.410 e. The van der Waals surface area contributed by atoms with E-state index in [9.17, 15) is 4.79 Å². The summed E-state index contributed by atoms with van der Waals surface area (Å²) in [6, 6.07) is 4.19. The van der Waals surface area contributed by atoms with E-state index in [1.165, 1.54) is 0 Å². The van der Waals surface area contributed by atoms with Crippen molar-refractivity contribution in [3.63, 3.8) is 0 Å². The van der Waals surface area contributed by atoms with Crippen LogP contribution in [0.25, 0.3) is 0 Å². The molecule has 1 atom stereocenters. The average Bonchev–Trinajstić information content (AvgIpc) is 2.46. The van der Waals surface area contributed by atoms with E-state index in [1.807, 2.05) is 37.8 Å². The topological polar surface area (TPSA) is 58.6 Å². The molecular formula is C17H28N4O2. The molecule has 0 radical (unpaired) electrons. The number of aromatic nitrogens is 2. The van der Waals surface area contributed by atoms with E-state index in [0.29, 0.717) is 25.0 Å². The Balaban J connectivity index is 2.02. The number of rotatable bonds is 3. The number of amides is 1. The molecular weight excluding hydrogens is 292 g/mol. The van der Waals surface area contributed by atoms with E-state index in [1.54, 1.807) is 6.20 Å². The summed E-state index contributed by atoms with van der Waals surface area (Å²) in [6.45, 7) is 13.0. The Morgan fingerprint density at radius 1 is 1.39 bits per heavy atom. The number of hydrogen-bond acceptors (Lipinski definition) is 5. The lowest BCUT2D eigenvalue weighted by molar-refractivity contribution is -0.00455. The van der Waals surface area contributed by atoms with Gasteiger partial charge < -0.3 is 9.64 Å². The first kappa shape index (κ1) is 17.7. The highest BCUT2D eigenvalue weighted by Gasteiger charge is 2.33. The fourth-order valence-corrected chi connectivity index (χ4v) is 2.79. The van der Waals surface area contributed by atoms with Crippen molar-refractivity contribution >= 4 is 6.09 Å². The number of carbonyl (C=O) groups is 1. The Morgan fingerprint density at radius 3 is 2.70 bits per heavy atom. The summed E-state index contributed by atoms with van der Waals surface area (Å²) in [4.78, 5) is 16.5. The molecule has 6 heteroatoms. The van der Waals surface area contributed by atoms with E-state index in [0.717, 1.165) is 18.8 Å². The van der Waals surface area contributed by atoms with Gasteiger partial charge >= 0.3 is 6.09 Å². The van der Waals surface area contributed by atoms with Crippen LogP contribution in [0.15, 0.2) is 18.3 Å². The molecule has 1 aromatic heterocycles. The van der Waals surface area contributed by atoms with E-state index in [4.69, 9.17) is 4.74 Å². The Labute approximate surface area is 138 Å². The highest BCUT2D eigenvalue weighted by atomic mass is 16.6. The van der Waals surface area contributed by atoms with Crippen LogP contribution in [0.5, 0.6) is 0 Å². The zero-order valence-electron chi connectivity index (χ0n) is 14.8.